The number of rotatable bonds is 4. The summed E-state index contributed by atoms with van der Waals surface area (Å²) in [5.41, 5.74) is 9.66. The van der Waals surface area contributed by atoms with E-state index >= 15 is 0 Å². The van der Waals surface area contributed by atoms with Gasteiger partial charge in [0, 0.05) is 11.1 Å². The van der Waals surface area contributed by atoms with Crippen molar-refractivity contribution in [1.29, 1.82) is 0 Å². The Morgan fingerprint density at radius 2 is 1.88 bits per heavy atom. The second-order valence-electron chi connectivity index (χ2n) is 7.13. The van der Waals surface area contributed by atoms with Crippen molar-refractivity contribution >= 4 is 5.78 Å². The molecule has 0 radical (unpaired) electrons. The predicted molar refractivity (Wildman–Crippen MR) is 98.8 cm³/mol. The molecule has 132 valence electrons. The summed E-state index contributed by atoms with van der Waals surface area (Å²) in [7, 11) is 0. The molecule has 1 aromatic heterocycles. The van der Waals surface area contributed by atoms with E-state index in [1.807, 2.05) is 50.2 Å². The first-order valence-electron chi connectivity index (χ1n) is 8.82. The summed E-state index contributed by atoms with van der Waals surface area (Å²) < 4.78 is 5.46. The minimum Gasteiger partial charge on any atom is -0.334 e. The predicted octanol–water partition coefficient (Wildman–Crippen LogP) is 3.92. The number of carbonyl (C=O) groups excluding carboxylic acids is 1. The lowest BCUT2D eigenvalue weighted by molar-refractivity contribution is 0.103. The number of hydrogen-bond donors (Lipinski definition) is 1. The van der Waals surface area contributed by atoms with Crippen molar-refractivity contribution in [2.75, 3.05) is 0 Å². The zero-order valence-electron chi connectivity index (χ0n) is 15.0. The second kappa shape index (κ2) is 6.18. The Labute approximate surface area is 152 Å². The van der Waals surface area contributed by atoms with Gasteiger partial charge >= 0.3 is 0 Å². The first-order valence-corrected chi connectivity index (χ1v) is 8.82. The smallest absolute Gasteiger partial charge is 0.258 e. The molecule has 0 bridgehead atoms. The van der Waals surface area contributed by atoms with Gasteiger partial charge in [-0.05, 0) is 50.8 Å². The number of carbonyl (C=O) groups is 1. The molecule has 0 unspecified atom stereocenters. The van der Waals surface area contributed by atoms with Crippen LogP contribution in [0.25, 0.3) is 11.5 Å². The highest BCUT2D eigenvalue weighted by molar-refractivity contribution is 6.13. The highest BCUT2D eigenvalue weighted by atomic mass is 16.5. The van der Waals surface area contributed by atoms with E-state index < -0.39 is 5.54 Å². The van der Waals surface area contributed by atoms with E-state index in [9.17, 15) is 4.79 Å². The minimum absolute atomic E-state index is 0.0485. The number of nitrogens with two attached hydrogens (primary N) is 1. The number of aryl methyl sites for hydroxylation is 2. The van der Waals surface area contributed by atoms with Crippen molar-refractivity contribution in [3.8, 4) is 11.5 Å². The van der Waals surface area contributed by atoms with Crippen LogP contribution < -0.4 is 5.73 Å². The number of nitrogens with zero attached hydrogens (tertiary/aromatic N) is 2. The molecule has 2 N–H and O–H groups in total. The maximum absolute atomic E-state index is 13.2. The summed E-state index contributed by atoms with van der Waals surface area (Å²) in [6.07, 6.45) is 2.78. The molecule has 5 nitrogen and oxygen atoms in total. The fourth-order valence-corrected chi connectivity index (χ4v) is 3.31. The average molecular weight is 347 g/mol. The molecule has 0 atom stereocenters. The second-order valence-corrected chi connectivity index (χ2v) is 7.13. The molecule has 4 rings (SSSR count). The van der Waals surface area contributed by atoms with E-state index in [1.165, 1.54) is 0 Å². The summed E-state index contributed by atoms with van der Waals surface area (Å²) in [5.74, 6) is 0.811. The molecule has 26 heavy (non-hydrogen) atoms. The van der Waals surface area contributed by atoms with Crippen LogP contribution in [0, 0.1) is 13.8 Å². The monoisotopic (exact) mass is 347 g/mol. The van der Waals surface area contributed by atoms with Crippen molar-refractivity contribution in [3.63, 3.8) is 0 Å². The van der Waals surface area contributed by atoms with Crippen molar-refractivity contribution in [1.82, 2.24) is 10.1 Å². The molecule has 2 aromatic carbocycles. The number of aromatic nitrogens is 2. The molecule has 1 aliphatic rings. The van der Waals surface area contributed by atoms with E-state index in [-0.39, 0.29) is 5.78 Å². The molecule has 1 heterocycles. The van der Waals surface area contributed by atoms with Crippen molar-refractivity contribution < 1.29 is 9.32 Å². The molecule has 0 saturated heterocycles. The minimum atomic E-state index is -0.492. The van der Waals surface area contributed by atoms with Gasteiger partial charge in [-0.1, -0.05) is 41.1 Å². The SMILES string of the molecule is Cc1ccc(C)c(C(=O)c2ccccc2-c2nc(C3(N)CCC3)no2)c1. The molecule has 1 aliphatic carbocycles. The fraction of sp³-hybridized carbons (Fsp3) is 0.286. The summed E-state index contributed by atoms with van der Waals surface area (Å²) >= 11 is 0. The summed E-state index contributed by atoms with van der Waals surface area (Å²) in [6, 6.07) is 13.2. The molecule has 5 heteroatoms. The maximum atomic E-state index is 13.2. The lowest BCUT2D eigenvalue weighted by atomic mass is 9.77. The highest BCUT2D eigenvalue weighted by Crippen LogP contribution is 2.38. The van der Waals surface area contributed by atoms with E-state index in [0.717, 1.165) is 30.4 Å². The van der Waals surface area contributed by atoms with Crippen LogP contribution in [0.3, 0.4) is 0 Å². The van der Waals surface area contributed by atoms with E-state index in [4.69, 9.17) is 10.3 Å². The Balaban J connectivity index is 1.76. The largest absolute Gasteiger partial charge is 0.334 e. The highest BCUT2D eigenvalue weighted by Gasteiger charge is 2.39. The van der Waals surface area contributed by atoms with Gasteiger partial charge in [-0.15, -0.1) is 0 Å². The van der Waals surface area contributed by atoms with Crippen LogP contribution in [0.5, 0.6) is 0 Å². The van der Waals surface area contributed by atoms with Crippen molar-refractivity contribution in [2.45, 2.75) is 38.6 Å². The van der Waals surface area contributed by atoms with Gasteiger partial charge < -0.3 is 10.3 Å². The molecular weight excluding hydrogens is 326 g/mol. The topological polar surface area (TPSA) is 82.0 Å². The summed E-state index contributed by atoms with van der Waals surface area (Å²) in [4.78, 5) is 17.7. The third-order valence-electron chi connectivity index (χ3n) is 5.16. The Bertz CT molecular complexity index is 986. The number of benzene rings is 2. The standard InChI is InChI=1S/C21H21N3O2/c1-13-8-9-14(2)17(12-13)18(25)15-6-3-4-7-16(15)19-23-20(24-26-19)21(22)10-5-11-21/h3-4,6-9,12H,5,10-11,22H2,1-2H3. The average Bonchev–Trinajstić information content (AvgIpc) is 3.11. The van der Waals surface area contributed by atoms with Gasteiger partial charge in [-0.3, -0.25) is 4.79 Å². The first-order chi connectivity index (χ1) is 12.5. The number of ketones is 1. The zero-order chi connectivity index (χ0) is 18.3. The van der Waals surface area contributed by atoms with Gasteiger partial charge in [0.25, 0.3) is 5.89 Å². The van der Waals surface area contributed by atoms with Crippen LogP contribution in [0.1, 0.15) is 52.1 Å². The van der Waals surface area contributed by atoms with Gasteiger partial charge in [0.1, 0.15) is 0 Å². The third kappa shape index (κ3) is 2.74. The molecule has 1 fully saturated rings. The molecule has 0 aliphatic heterocycles. The Hall–Kier alpha value is -2.79. The van der Waals surface area contributed by atoms with Crippen LogP contribution in [-0.4, -0.2) is 15.9 Å². The quantitative estimate of drug-likeness (QED) is 0.723. The van der Waals surface area contributed by atoms with Gasteiger partial charge in [-0.25, -0.2) is 0 Å². The van der Waals surface area contributed by atoms with Crippen LogP contribution in [0.15, 0.2) is 47.0 Å². The van der Waals surface area contributed by atoms with Gasteiger partial charge in [0.2, 0.25) is 0 Å². The van der Waals surface area contributed by atoms with Crippen LogP contribution in [0.4, 0.5) is 0 Å². The molecule has 3 aromatic rings. The van der Waals surface area contributed by atoms with Gasteiger partial charge in [-0.2, -0.15) is 4.98 Å². The van der Waals surface area contributed by atoms with E-state index in [2.05, 4.69) is 10.1 Å². The zero-order valence-corrected chi connectivity index (χ0v) is 15.0. The normalized spacial score (nSPS) is 15.5. The molecular formula is C21H21N3O2. The summed E-state index contributed by atoms with van der Waals surface area (Å²) in [5, 5.41) is 4.07. The third-order valence-corrected chi connectivity index (χ3v) is 5.16. The molecule has 1 saturated carbocycles. The molecule has 0 amide bonds. The van der Waals surface area contributed by atoms with E-state index in [0.29, 0.717) is 28.4 Å². The molecule has 0 spiro atoms. The lowest BCUT2D eigenvalue weighted by Gasteiger charge is -2.34. The Morgan fingerprint density at radius 1 is 1.12 bits per heavy atom. The van der Waals surface area contributed by atoms with Crippen molar-refractivity contribution in [3.05, 3.63) is 70.5 Å². The van der Waals surface area contributed by atoms with Crippen LogP contribution in [0.2, 0.25) is 0 Å². The Morgan fingerprint density at radius 3 is 2.62 bits per heavy atom. The van der Waals surface area contributed by atoms with Gasteiger partial charge in [0.15, 0.2) is 11.6 Å². The van der Waals surface area contributed by atoms with Gasteiger partial charge in [0.05, 0.1) is 11.1 Å². The van der Waals surface area contributed by atoms with Crippen LogP contribution in [-0.2, 0) is 5.54 Å². The number of hydrogen-bond acceptors (Lipinski definition) is 5. The maximum Gasteiger partial charge on any atom is 0.258 e. The Kier molecular flexibility index (Phi) is 3.96. The van der Waals surface area contributed by atoms with Crippen LogP contribution >= 0.6 is 0 Å². The van der Waals surface area contributed by atoms with Crippen molar-refractivity contribution in [2.24, 2.45) is 5.73 Å². The lowest BCUT2D eigenvalue weighted by Crippen LogP contribution is -2.44. The fourth-order valence-electron chi connectivity index (χ4n) is 3.31. The van der Waals surface area contributed by atoms with E-state index in [1.54, 1.807) is 6.07 Å². The first kappa shape index (κ1) is 16.7. The summed E-state index contributed by atoms with van der Waals surface area (Å²) in [6.45, 7) is 3.92.